The number of hydrogen-bond donors (Lipinski definition) is 1. The minimum atomic E-state index is -3.53. The molecule has 6 nitrogen and oxygen atoms in total. The zero-order valence-corrected chi connectivity index (χ0v) is 13.0. The average molecular weight is 312 g/mol. The van der Waals surface area contributed by atoms with Gasteiger partial charge in [-0.05, 0) is 31.0 Å². The van der Waals surface area contributed by atoms with Gasteiger partial charge in [-0.1, -0.05) is 6.07 Å². The van der Waals surface area contributed by atoms with Crippen LogP contribution in [0.4, 0.5) is 0 Å². The highest BCUT2D eigenvalue weighted by atomic mass is 32.2. The highest BCUT2D eigenvalue weighted by Crippen LogP contribution is 2.15. The highest BCUT2D eigenvalue weighted by molar-refractivity contribution is 7.89. The van der Waals surface area contributed by atoms with Crippen LogP contribution in [0.15, 0.2) is 29.2 Å². The summed E-state index contributed by atoms with van der Waals surface area (Å²) in [4.78, 5) is 12.2. The van der Waals surface area contributed by atoms with Crippen molar-refractivity contribution in [1.29, 1.82) is 0 Å². The number of rotatable bonds is 5. The van der Waals surface area contributed by atoms with E-state index in [2.05, 4.69) is 5.32 Å². The molecule has 1 amide bonds. The summed E-state index contributed by atoms with van der Waals surface area (Å²) in [5.74, 6) is -0.290. The molecule has 2 rings (SSSR count). The fourth-order valence-electron chi connectivity index (χ4n) is 2.12. The molecule has 1 heterocycles. The number of hydrogen-bond acceptors (Lipinski definition) is 4. The Balaban J connectivity index is 2.08. The molecule has 1 N–H and O–H groups in total. The third-order valence-corrected chi connectivity index (χ3v) is 5.20. The van der Waals surface area contributed by atoms with E-state index in [0.717, 1.165) is 23.8 Å². The van der Waals surface area contributed by atoms with E-state index in [4.69, 9.17) is 4.74 Å². The summed E-state index contributed by atoms with van der Waals surface area (Å²) in [6, 6.07) is 6.03. The third kappa shape index (κ3) is 3.81. The summed E-state index contributed by atoms with van der Waals surface area (Å²) in [6.07, 6.45) is 2.01. The zero-order chi connectivity index (χ0) is 15.5. The summed E-state index contributed by atoms with van der Waals surface area (Å²) >= 11 is 0. The molecule has 1 saturated heterocycles. The molecule has 116 valence electrons. The first-order valence-electron chi connectivity index (χ1n) is 6.83. The first kappa shape index (κ1) is 15.9. The molecule has 1 atom stereocenters. The van der Waals surface area contributed by atoms with Crippen LogP contribution in [0.5, 0.6) is 0 Å². The Hall–Kier alpha value is -1.44. The van der Waals surface area contributed by atoms with Crippen molar-refractivity contribution < 1.29 is 17.9 Å². The number of carbonyl (C=O) groups excluding carboxylic acids is 1. The van der Waals surface area contributed by atoms with Crippen LogP contribution in [-0.2, 0) is 14.8 Å². The number of ether oxygens (including phenoxy) is 1. The van der Waals surface area contributed by atoms with Crippen LogP contribution in [0.25, 0.3) is 0 Å². The Morgan fingerprint density at radius 1 is 1.43 bits per heavy atom. The van der Waals surface area contributed by atoms with Gasteiger partial charge in [-0.3, -0.25) is 4.79 Å². The van der Waals surface area contributed by atoms with Crippen molar-refractivity contribution in [3.05, 3.63) is 29.8 Å². The van der Waals surface area contributed by atoms with Crippen LogP contribution < -0.4 is 5.32 Å². The molecule has 1 aliphatic heterocycles. The second kappa shape index (κ2) is 6.55. The lowest BCUT2D eigenvalue weighted by Crippen LogP contribution is -2.32. The summed E-state index contributed by atoms with van der Waals surface area (Å²) in [7, 11) is -0.619. The molecule has 0 radical (unpaired) electrons. The number of amides is 1. The molecule has 21 heavy (non-hydrogen) atoms. The van der Waals surface area contributed by atoms with Crippen molar-refractivity contribution in [3.8, 4) is 0 Å². The average Bonchev–Trinajstić information content (AvgIpc) is 2.98. The lowest BCUT2D eigenvalue weighted by molar-refractivity contribution is 0.0857. The summed E-state index contributed by atoms with van der Waals surface area (Å²) in [6.45, 7) is 1.18. The normalized spacial score (nSPS) is 18.9. The van der Waals surface area contributed by atoms with Gasteiger partial charge in [0.05, 0.1) is 11.0 Å². The molecule has 1 aromatic rings. The maximum Gasteiger partial charge on any atom is 0.251 e. The third-order valence-electron chi connectivity index (χ3n) is 3.39. The van der Waals surface area contributed by atoms with Gasteiger partial charge in [0.1, 0.15) is 0 Å². The van der Waals surface area contributed by atoms with Crippen molar-refractivity contribution >= 4 is 15.9 Å². The first-order chi connectivity index (χ1) is 9.91. The number of nitrogens with one attached hydrogen (secondary N) is 1. The minimum Gasteiger partial charge on any atom is -0.376 e. The van der Waals surface area contributed by atoms with Gasteiger partial charge in [-0.25, -0.2) is 12.7 Å². The highest BCUT2D eigenvalue weighted by Gasteiger charge is 2.20. The van der Waals surface area contributed by atoms with E-state index in [1.807, 2.05) is 0 Å². The molecule has 0 saturated carbocycles. The molecular weight excluding hydrogens is 292 g/mol. The SMILES string of the molecule is CN(C)S(=O)(=O)c1cccc(C(=O)NC[C@H]2CCCO2)c1. The molecule has 0 bridgehead atoms. The first-order valence-corrected chi connectivity index (χ1v) is 8.27. The molecule has 1 fully saturated rings. The van der Waals surface area contributed by atoms with E-state index in [1.165, 1.54) is 26.2 Å². The second-order valence-corrected chi connectivity index (χ2v) is 7.31. The van der Waals surface area contributed by atoms with Crippen LogP contribution in [-0.4, -0.2) is 52.0 Å². The lowest BCUT2D eigenvalue weighted by Gasteiger charge is -2.13. The number of nitrogens with zero attached hydrogens (tertiary/aromatic N) is 1. The number of benzene rings is 1. The van der Waals surface area contributed by atoms with Gasteiger partial charge in [-0.15, -0.1) is 0 Å². The van der Waals surface area contributed by atoms with Gasteiger partial charge in [0.25, 0.3) is 5.91 Å². The van der Waals surface area contributed by atoms with Crippen molar-refractivity contribution in [2.75, 3.05) is 27.2 Å². The predicted octanol–water partition coefficient (Wildman–Crippen LogP) is 0.846. The monoisotopic (exact) mass is 312 g/mol. The Kier molecular flexibility index (Phi) is 4.97. The van der Waals surface area contributed by atoms with Gasteiger partial charge >= 0.3 is 0 Å². The van der Waals surface area contributed by atoms with Gasteiger partial charge in [0, 0.05) is 32.8 Å². The Morgan fingerprint density at radius 2 is 2.19 bits per heavy atom. The van der Waals surface area contributed by atoms with Gasteiger partial charge < -0.3 is 10.1 Å². The van der Waals surface area contributed by atoms with Crippen LogP contribution in [0.1, 0.15) is 23.2 Å². The summed E-state index contributed by atoms with van der Waals surface area (Å²) in [5.41, 5.74) is 0.330. The zero-order valence-electron chi connectivity index (χ0n) is 12.2. The van der Waals surface area contributed by atoms with Crippen LogP contribution >= 0.6 is 0 Å². The van der Waals surface area contributed by atoms with Crippen molar-refractivity contribution in [3.63, 3.8) is 0 Å². The Morgan fingerprint density at radius 3 is 2.81 bits per heavy atom. The summed E-state index contributed by atoms with van der Waals surface area (Å²) < 4.78 is 30.6. The lowest BCUT2D eigenvalue weighted by atomic mass is 10.2. The van der Waals surface area contributed by atoms with Crippen molar-refractivity contribution in [2.45, 2.75) is 23.8 Å². The maximum atomic E-state index is 12.1. The fraction of sp³-hybridized carbons (Fsp3) is 0.500. The van der Waals surface area contributed by atoms with Crippen molar-refractivity contribution in [2.24, 2.45) is 0 Å². The van der Waals surface area contributed by atoms with Gasteiger partial charge in [-0.2, -0.15) is 0 Å². The molecular formula is C14H20N2O4S. The van der Waals surface area contributed by atoms with E-state index in [-0.39, 0.29) is 16.9 Å². The molecule has 1 aromatic carbocycles. The maximum absolute atomic E-state index is 12.1. The molecule has 0 aromatic heterocycles. The quantitative estimate of drug-likeness (QED) is 0.874. The Labute approximate surface area is 125 Å². The molecule has 1 aliphatic rings. The van der Waals surface area contributed by atoms with Crippen LogP contribution in [0, 0.1) is 0 Å². The molecule has 0 unspecified atom stereocenters. The van der Waals surface area contributed by atoms with E-state index >= 15 is 0 Å². The summed E-state index contributed by atoms with van der Waals surface area (Å²) in [5, 5.41) is 2.78. The van der Waals surface area contributed by atoms with E-state index in [0.29, 0.717) is 12.1 Å². The van der Waals surface area contributed by atoms with Crippen molar-refractivity contribution in [1.82, 2.24) is 9.62 Å². The molecule has 0 aliphatic carbocycles. The minimum absolute atomic E-state index is 0.0580. The smallest absolute Gasteiger partial charge is 0.251 e. The molecule has 7 heteroatoms. The van der Waals surface area contributed by atoms with E-state index in [1.54, 1.807) is 12.1 Å². The predicted molar refractivity (Wildman–Crippen MR) is 78.6 cm³/mol. The topological polar surface area (TPSA) is 75.7 Å². The van der Waals surface area contributed by atoms with Crippen LogP contribution in [0.2, 0.25) is 0 Å². The second-order valence-electron chi connectivity index (χ2n) is 5.16. The number of carbonyl (C=O) groups is 1. The molecule has 0 spiro atoms. The van der Waals surface area contributed by atoms with E-state index in [9.17, 15) is 13.2 Å². The van der Waals surface area contributed by atoms with Gasteiger partial charge in [0.15, 0.2) is 0 Å². The number of sulfonamides is 1. The fourth-order valence-corrected chi connectivity index (χ4v) is 3.07. The standard InChI is InChI=1S/C14H20N2O4S/c1-16(2)21(18,19)13-7-3-5-11(9-13)14(17)15-10-12-6-4-8-20-12/h3,5,7,9,12H,4,6,8,10H2,1-2H3,(H,15,17)/t12-/m1/s1. The van der Waals surface area contributed by atoms with Crippen LogP contribution in [0.3, 0.4) is 0 Å². The van der Waals surface area contributed by atoms with E-state index < -0.39 is 10.0 Å². The Bertz CT molecular complexity index is 607. The van der Waals surface area contributed by atoms with Gasteiger partial charge in [0.2, 0.25) is 10.0 Å². The largest absolute Gasteiger partial charge is 0.376 e.